The standard InChI is InChI=1S/C8H12N2O2S/c1-2-5-4-13-7(10-5)3-6(9)8(11)12/h4,6H,2-3,9H2,1H3,(H,11,12). The fraction of sp³-hybridized carbons (Fsp3) is 0.500. The summed E-state index contributed by atoms with van der Waals surface area (Å²) in [6, 6.07) is -0.837. The predicted molar refractivity (Wildman–Crippen MR) is 50.8 cm³/mol. The molecule has 0 aliphatic rings. The first kappa shape index (κ1) is 10.1. The minimum atomic E-state index is -0.978. The highest BCUT2D eigenvalue weighted by Gasteiger charge is 2.13. The van der Waals surface area contributed by atoms with E-state index in [1.165, 1.54) is 11.3 Å². The molecule has 1 aromatic rings. The van der Waals surface area contributed by atoms with Crippen molar-refractivity contribution in [3.8, 4) is 0 Å². The van der Waals surface area contributed by atoms with Crippen molar-refractivity contribution >= 4 is 17.3 Å². The zero-order valence-corrected chi connectivity index (χ0v) is 8.17. The molecule has 0 saturated carbocycles. The van der Waals surface area contributed by atoms with Gasteiger partial charge < -0.3 is 10.8 Å². The van der Waals surface area contributed by atoms with E-state index in [0.717, 1.165) is 17.1 Å². The van der Waals surface area contributed by atoms with Gasteiger partial charge in [-0.3, -0.25) is 4.79 Å². The normalized spacial score (nSPS) is 12.8. The highest BCUT2D eigenvalue weighted by Crippen LogP contribution is 2.11. The molecule has 0 saturated heterocycles. The molecule has 5 heteroatoms. The van der Waals surface area contributed by atoms with Crippen LogP contribution in [0.3, 0.4) is 0 Å². The molecule has 13 heavy (non-hydrogen) atoms. The molecular weight excluding hydrogens is 188 g/mol. The average Bonchev–Trinajstić information content (AvgIpc) is 2.52. The van der Waals surface area contributed by atoms with Gasteiger partial charge in [0.15, 0.2) is 0 Å². The topological polar surface area (TPSA) is 76.2 Å². The molecule has 1 aromatic heterocycles. The largest absolute Gasteiger partial charge is 0.480 e. The lowest BCUT2D eigenvalue weighted by molar-refractivity contribution is -0.138. The Bertz CT molecular complexity index is 298. The first-order valence-corrected chi connectivity index (χ1v) is 4.93. The third-order valence-electron chi connectivity index (χ3n) is 1.67. The number of aliphatic carboxylic acids is 1. The fourth-order valence-electron chi connectivity index (χ4n) is 0.880. The van der Waals surface area contributed by atoms with Gasteiger partial charge in [0.25, 0.3) is 0 Å². The number of rotatable bonds is 4. The highest BCUT2D eigenvalue weighted by molar-refractivity contribution is 7.09. The SMILES string of the molecule is CCc1csc(CC(N)C(=O)O)n1. The molecule has 72 valence electrons. The summed E-state index contributed by atoms with van der Waals surface area (Å²) in [7, 11) is 0. The van der Waals surface area contributed by atoms with Crippen LogP contribution in [0.25, 0.3) is 0 Å². The molecule has 3 N–H and O–H groups in total. The molecule has 1 atom stereocenters. The van der Waals surface area contributed by atoms with Crippen molar-refractivity contribution in [2.45, 2.75) is 25.8 Å². The van der Waals surface area contributed by atoms with Crippen LogP contribution in [-0.4, -0.2) is 22.1 Å². The van der Waals surface area contributed by atoms with Gasteiger partial charge in [-0.1, -0.05) is 6.92 Å². The zero-order valence-electron chi connectivity index (χ0n) is 7.36. The minimum Gasteiger partial charge on any atom is -0.480 e. The van der Waals surface area contributed by atoms with E-state index >= 15 is 0 Å². The first-order valence-electron chi connectivity index (χ1n) is 4.05. The molecule has 1 unspecified atom stereocenters. The van der Waals surface area contributed by atoms with E-state index in [2.05, 4.69) is 4.98 Å². The molecule has 0 amide bonds. The van der Waals surface area contributed by atoms with Crippen LogP contribution in [0.1, 0.15) is 17.6 Å². The summed E-state index contributed by atoms with van der Waals surface area (Å²) in [6.07, 6.45) is 1.19. The van der Waals surface area contributed by atoms with E-state index in [0.29, 0.717) is 6.42 Å². The first-order chi connectivity index (χ1) is 6.13. The molecule has 4 nitrogen and oxygen atoms in total. The fourth-order valence-corrected chi connectivity index (χ4v) is 1.82. The van der Waals surface area contributed by atoms with Gasteiger partial charge in [-0.25, -0.2) is 4.98 Å². The summed E-state index contributed by atoms with van der Waals surface area (Å²) in [5.74, 6) is -0.978. The maximum Gasteiger partial charge on any atom is 0.320 e. The number of carboxylic acid groups (broad SMARTS) is 1. The number of carboxylic acids is 1. The molecule has 0 spiro atoms. The van der Waals surface area contributed by atoms with E-state index in [9.17, 15) is 4.79 Å². The average molecular weight is 200 g/mol. The molecule has 0 radical (unpaired) electrons. The van der Waals surface area contributed by atoms with Crippen LogP contribution in [0, 0.1) is 0 Å². The Morgan fingerprint density at radius 1 is 1.85 bits per heavy atom. The van der Waals surface area contributed by atoms with Crippen LogP contribution in [-0.2, 0) is 17.6 Å². The second-order valence-electron chi connectivity index (χ2n) is 2.73. The van der Waals surface area contributed by atoms with Crippen LogP contribution < -0.4 is 5.73 Å². The van der Waals surface area contributed by atoms with Crippen LogP contribution in [0.5, 0.6) is 0 Å². The van der Waals surface area contributed by atoms with Crippen LogP contribution in [0.4, 0.5) is 0 Å². The minimum absolute atomic E-state index is 0.319. The van der Waals surface area contributed by atoms with Gasteiger partial charge in [-0.15, -0.1) is 11.3 Å². The van der Waals surface area contributed by atoms with Crippen molar-refractivity contribution in [3.63, 3.8) is 0 Å². The van der Waals surface area contributed by atoms with Gasteiger partial charge >= 0.3 is 5.97 Å². The van der Waals surface area contributed by atoms with E-state index in [-0.39, 0.29) is 0 Å². The molecular formula is C8H12N2O2S. The highest BCUT2D eigenvalue weighted by atomic mass is 32.1. The lowest BCUT2D eigenvalue weighted by Crippen LogP contribution is -2.32. The second-order valence-corrected chi connectivity index (χ2v) is 3.68. The van der Waals surface area contributed by atoms with Crippen LogP contribution >= 0.6 is 11.3 Å². The second kappa shape index (κ2) is 4.34. The number of carbonyl (C=O) groups is 1. The lowest BCUT2D eigenvalue weighted by Gasteiger charge is -2.01. The van der Waals surface area contributed by atoms with Crippen molar-refractivity contribution in [1.29, 1.82) is 0 Å². The smallest absolute Gasteiger partial charge is 0.320 e. The summed E-state index contributed by atoms with van der Waals surface area (Å²) in [5.41, 5.74) is 6.36. The molecule has 1 rings (SSSR count). The molecule has 0 aliphatic heterocycles. The maximum atomic E-state index is 10.4. The molecule has 0 aromatic carbocycles. The number of nitrogens with zero attached hydrogens (tertiary/aromatic N) is 1. The van der Waals surface area contributed by atoms with Crippen LogP contribution in [0.15, 0.2) is 5.38 Å². The monoisotopic (exact) mass is 200 g/mol. The summed E-state index contributed by atoms with van der Waals surface area (Å²) in [6.45, 7) is 2.01. The quantitative estimate of drug-likeness (QED) is 0.748. The van der Waals surface area contributed by atoms with E-state index in [1.807, 2.05) is 12.3 Å². The van der Waals surface area contributed by atoms with E-state index in [4.69, 9.17) is 10.8 Å². The number of aromatic nitrogens is 1. The third kappa shape index (κ3) is 2.78. The number of hydrogen-bond donors (Lipinski definition) is 2. The molecule has 0 fully saturated rings. The van der Waals surface area contributed by atoms with Gasteiger partial charge in [0.05, 0.1) is 10.7 Å². The Morgan fingerprint density at radius 3 is 3.00 bits per heavy atom. The molecule has 0 bridgehead atoms. The van der Waals surface area contributed by atoms with Crippen molar-refractivity contribution in [2.75, 3.05) is 0 Å². The Morgan fingerprint density at radius 2 is 2.54 bits per heavy atom. The van der Waals surface area contributed by atoms with Crippen LogP contribution in [0.2, 0.25) is 0 Å². The number of hydrogen-bond acceptors (Lipinski definition) is 4. The Balaban J connectivity index is 2.58. The Hall–Kier alpha value is -0.940. The summed E-state index contributed by atoms with van der Waals surface area (Å²) < 4.78 is 0. The van der Waals surface area contributed by atoms with Gasteiger partial charge in [-0.2, -0.15) is 0 Å². The number of nitrogens with two attached hydrogens (primary N) is 1. The van der Waals surface area contributed by atoms with E-state index in [1.54, 1.807) is 0 Å². The predicted octanol–water partition coefficient (Wildman–Crippen LogP) is 0.660. The van der Waals surface area contributed by atoms with E-state index < -0.39 is 12.0 Å². The van der Waals surface area contributed by atoms with Crippen molar-refractivity contribution in [2.24, 2.45) is 5.73 Å². The summed E-state index contributed by atoms with van der Waals surface area (Å²) in [5, 5.41) is 11.3. The zero-order chi connectivity index (χ0) is 9.84. The van der Waals surface area contributed by atoms with Gasteiger partial charge in [0.2, 0.25) is 0 Å². The van der Waals surface area contributed by atoms with Gasteiger partial charge in [0, 0.05) is 11.8 Å². The number of aryl methyl sites for hydroxylation is 1. The maximum absolute atomic E-state index is 10.4. The number of thiazole rings is 1. The molecule has 0 aliphatic carbocycles. The van der Waals surface area contributed by atoms with Crippen molar-refractivity contribution < 1.29 is 9.90 Å². The summed E-state index contributed by atoms with van der Waals surface area (Å²) in [4.78, 5) is 14.7. The van der Waals surface area contributed by atoms with Crippen molar-refractivity contribution in [1.82, 2.24) is 4.98 Å². The van der Waals surface area contributed by atoms with Gasteiger partial charge in [0.1, 0.15) is 6.04 Å². The lowest BCUT2D eigenvalue weighted by atomic mass is 10.2. The van der Waals surface area contributed by atoms with Crippen molar-refractivity contribution in [3.05, 3.63) is 16.1 Å². The Labute approximate surface area is 80.4 Å². The molecule has 1 heterocycles. The van der Waals surface area contributed by atoms with Gasteiger partial charge in [-0.05, 0) is 6.42 Å². The third-order valence-corrected chi connectivity index (χ3v) is 2.59. The Kier molecular flexibility index (Phi) is 3.39. The summed E-state index contributed by atoms with van der Waals surface area (Å²) >= 11 is 1.47.